The first-order chi connectivity index (χ1) is 19.9. The molecule has 1 N–H and O–H groups in total. The van der Waals surface area contributed by atoms with Crippen LogP contribution in [0, 0.1) is 0 Å². The second kappa shape index (κ2) is 12.9. The smallest absolute Gasteiger partial charge is 0.261 e. The third-order valence-corrected chi connectivity index (χ3v) is 8.48. The van der Waals surface area contributed by atoms with E-state index < -0.39 is 10.0 Å². The van der Waals surface area contributed by atoms with E-state index in [2.05, 4.69) is 58.2 Å². The molecule has 1 aliphatic heterocycles. The van der Waals surface area contributed by atoms with Gasteiger partial charge in [0.15, 0.2) is 6.61 Å². The fraction of sp³-hybridized carbons (Fsp3) is 0.219. The van der Waals surface area contributed by atoms with E-state index in [4.69, 9.17) is 9.47 Å². The van der Waals surface area contributed by atoms with E-state index in [1.54, 1.807) is 36.4 Å². The number of methoxy groups -OCH3 is 1. The van der Waals surface area contributed by atoms with Crippen LogP contribution in [0.5, 0.6) is 11.5 Å². The molecule has 0 saturated carbocycles. The van der Waals surface area contributed by atoms with Crippen LogP contribution in [0.25, 0.3) is 0 Å². The van der Waals surface area contributed by atoms with E-state index >= 15 is 0 Å². The molecule has 5 rings (SSSR count). The number of ether oxygens (including phenoxy) is 2. The number of nitrogens with one attached hydrogen (secondary N) is 1. The lowest BCUT2D eigenvalue weighted by molar-refractivity contribution is -0.135. The summed E-state index contributed by atoms with van der Waals surface area (Å²) in [4.78, 5) is 17.3. The first-order valence-electron chi connectivity index (χ1n) is 13.4. The average Bonchev–Trinajstić information content (AvgIpc) is 3.01. The number of carbonyl (C=O) groups is 1. The van der Waals surface area contributed by atoms with Gasteiger partial charge in [0, 0.05) is 32.2 Å². The van der Waals surface area contributed by atoms with Crippen LogP contribution in [-0.2, 0) is 14.8 Å². The fourth-order valence-electron chi connectivity index (χ4n) is 4.97. The summed E-state index contributed by atoms with van der Waals surface area (Å²) in [7, 11) is -2.28. The Bertz CT molecular complexity index is 1500. The zero-order chi connectivity index (χ0) is 28.7. The van der Waals surface area contributed by atoms with Gasteiger partial charge in [-0.3, -0.25) is 14.4 Å². The van der Waals surface area contributed by atoms with Gasteiger partial charge in [-0.05, 0) is 47.5 Å². The van der Waals surface area contributed by atoms with E-state index in [0.717, 1.165) is 13.1 Å². The second-order valence-corrected chi connectivity index (χ2v) is 11.4. The van der Waals surface area contributed by atoms with Crippen molar-refractivity contribution in [3.63, 3.8) is 0 Å². The molecule has 212 valence electrons. The Kier molecular flexibility index (Phi) is 8.86. The van der Waals surface area contributed by atoms with Crippen LogP contribution in [0.15, 0.2) is 114 Å². The Balaban J connectivity index is 1.15. The molecule has 0 aromatic heterocycles. The monoisotopic (exact) mass is 571 g/mol. The van der Waals surface area contributed by atoms with Crippen LogP contribution in [0.2, 0.25) is 0 Å². The maximum Gasteiger partial charge on any atom is 0.261 e. The van der Waals surface area contributed by atoms with Gasteiger partial charge in [-0.2, -0.15) is 0 Å². The van der Waals surface area contributed by atoms with Crippen LogP contribution in [-0.4, -0.2) is 64.0 Å². The minimum absolute atomic E-state index is 0.0847. The Labute approximate surface area is 241 Å². The molecule has 41 heavy (non-hydrogen) atoms. The summed E-state index contributed by atoms with van der Waals surface area (Å²) in [5, 5.41) is 0. The molecule has 0 bridgehead atoms. The van der Waals surface area contributed by atoms with Gasteiger partial charge < -0.3 is 14.4 Å². The Morgan fingerprint density at radius 1 is 0.780 bits per heavy atom. The summed E-state index contributed by atoms with van der Waals surface area (Å²) in [6.45, 7) is 2.58. The lowest BCUT2D eigenvalue weighted by atomic mass is 9.96. The average molecular weight is 572 g/mol. The highest BCUT2D eigenvalue weighted by Gasteiger charge is 2.28. The molecule has 1 saturated heterocycles. The van der Waals surface area contributed by atoms with E-state index in [0.29, 0.717) is 30.3 Å². The number of piperazine rings is 1. The highest BCUT2D eigenvalue weighted by molar-refractivity contribution is 7.92. The van der Waals surface area contributed by atoms with Crippen molar-refractivity contribution in [3.05, 3.63) is 120 Å². The molecule has 9 heteroatoms. The van der Waals surface area contributed by atoms with E-state index in [1.807, 2.05) is 17.0 Å². The number of rotatable bonds is 10. The number of hydrogen-bond acceptors (Lipinski definition) is 6. The van der Waals surface area contributed by atoms with Crippen LogP contribution < -0.4 is 14.2 Å². The minimum Gasteiger partial charge on any atom is -0.497 e. The molecule has 0 radical (unpaired) electrons. The lowest BCUT2D eigenvalue weighted by Crippen LogP contribution is -2.51. The van der Waals surface area contributed by atoms with E-state index in [-0.39, 0.29) is 23.5 Å². The van der Waals surface area contributed by atoms with Gasteiger partial charge in [0.05, 0.1) is 23.7 Å². The summed E-state index contributed by atoms with van der Waals surface area (Å²) in [5.74, 6) is 0.870. The maximum absolute atomic E-state index is 12.9. The third kappa shape index (κ3) is 7.06. The van der Waals surface area contributed by atoms with E-state index in [9.17, 15) is 13.2 Å². The Hall–Kier alpha value is -4.34. The summed E-state index contributed by atoms with van der Waals surface area (Å²) >= 11 is 0. The van der Waals surface area contributed by atoms with Gasteiger partial charge in [-0.15, -0.1) is 0 Å². The maximum atomic E-state index is 12.9. The van der Waals surface area contributed by atoms with Crippen molar-refractivity contribution >= 4 is 21.6 Å². The van der Waals surface area contributed by atoms with Crippen molar-refractivity contribution < 1.29 is 22.7 Å². The Morgan fingerprint density at radius 3 is 1.98 bits per heavy atom. The first kappa shape index (κ1) is 28.2. The zero-order valence-corrected chi connectivity index (χ0v) is 23.7. The normalized spacial score (nSPS) is 14.0. The van der Waals surface area contributed by atoms with Gasteiger partial charge in [0.1, 0.15) is 11.5 Å². The van der Waals surface area contributed by atoms with Crippen molar-refractivity contribution in [2.75, 3.05) is 44.6 Å². The van der Waals surface area contributed by atoms with Crippen LogP contribution in [0.3, 0.4) is 0 Å². The number of amides is 1. The van der Waals surface area contributed by atoms with Crippen molar-refractivity contribution in [1.29, 1.82) is 0 Å². The molecule has 0 unspecified atom stereocenters. The molecule has 0 spiro atoms. The van der Waals surface area contributed by atoms with Gasteiger partial charge in [-0.25, -0.2) is 8.42 Å². The van der Waals surface area contributed by atoms with Crippen molar-refractivity contribution in [2.45, 2.75) is 10.9 Å². The summed E-state index contributed by atoms with van der Waals surface area (Å²) < 4.78 is 39.0. The standard InChI is InChI=1S/C32H33N3O5S/c1-39-29-14-8-13-27(23-29)33-41(37,38)30-17-15-28(16-18-30)40-24-31(36)34-19-21-35(22-20-34)32(25-9-4-2-5-10-25)26-11-6-3-7-12-26/h2-18,23,32-33H,19-22,24H2,1H3. The highest BCUT2D eigenvalue weighted by atomic mass is 32.2. The number of nitrogens with zero attached hydrogens (tertiary/aromatic N) is 2. The molecule has 1 fully saturated rings. The quantitative estimate of drug-likeness (QED) is 0.294. The van der Waals surface area contributed by atoms with Crippen molar-refractivity contribution in [3.8, 4) is 11.5 Å². The van der Waals surface area contributed by atoms with Gasteiger partial charge in [-0.1, -0.05) is 66.7 Å². The molecule has 0 aliphatic carbocycles. The molecular weight excluding hydrogens is 538 g/mol. The molecule has 1 amide bonds. The summed E-state index contributed by atoms with van der Waals surface area (Å²) in [6, 6.07) is 33.7. The van der Waals surface area contributed by atoms with Crippen LogP contribution in [0.4, 0.5) is 5.69 Å². The van der Waals surface area contributed by atoms with E-state index in [1.165, 1.54) is 30.4 Å². The minimum atomic E-state index is -3.80. The molecular formula is C32H33N3O5S. The number of hydrogen-bond donors (Lipinski definition) is 1. The third-order valence-electron chi connectivity index (χ3n) is 7.08. The van der Waals surface area contributed by atoms with Crippen LogP contribution in [0.1, 0.15) is 17.2 Å². The highest BCUT2D eigenvalue weighted by Crippen LogP contribution is 2.29. The molecule has 4 aromatic rings. The van der Waals surface area contributed by atoms with Gasteiger partial charge in [0.25, 0.3) is 15.9 Å². The predicted octanol–water partition coefficient (Wildman–Crippen LogP) is 4.81. The Morgan fingerprint density at radius 2 is 1.39 bits per heavy atom. The number of benzene rings is 4. The van der Waals surface area contributed by atoms with Crippen molar-refractivity contribution in [1.82, 2.24) is 9.80 Å². The van der Waals surface area contributed by atoms with Crippen LogP contribution >= 0.6 is 0 Å². The fourth-order valence-corrected chi connectivity index (χ4v) is 6.02. The predicted molar refractivity (Wildman–Crippen MR) is 159 cm³/mol. The second-order valence-electron chi connectivity index (χ2n) is 9.74. The largest absolute Gasteiger partial charge is 0.497 e. The number of sulfonamides is 1. The summed E-state index contributed by atoms with van der Waals surface area (Å²) in [5.41, 5.74) is 2.85. The number of carbonyl (C=O) groups excluding carboxylic acids is 1. The van der Waals surface area contributed by atoms with Gasteiger partial charge in [0.2, 0.25) is 0 Å². The molecule has 1 aliphatic rings. The lowest BCUT2D eigenvalue weighted by Gasteiger charge is -2.39. The topological polar surface area (TPSA) is 88.2 Å². The van der Waals surface area contributed by atoms with Crippen molar-refractivity contribution in [2.24, 2.45) is 0 Å². The zero-order valence-electron chi connectivity index (χ0n) is 22.8. The molecule has 1 heterocycles. The van der Waals surface area contributed by atoms with Gasteiger partial charge >= 0.3 is 0 Å². The molecule has 8 nitrogen and oxygen atoms in total. The number of anilines is 1. The molecule has 0 atom stereocenters. The SMILES string of the molecule is COc1cccc(NS(=O)(=O)c2ccc(OCC(=O)N3CCN(C(c4ccccc4)c4ccccc4)CC3)cc2)c1. The first-order valence-corrected chi connectivity index (χ1v) is 14.9. The summed E-state index contributed by atoms with van der Waals surface area (Å²) in [6.07, 6.45) is 0. The molecule has 4 aromatic carbocycles.